The van der Waals surface area contributed by atoms with Crippen LogP contribution in [-0.2, 0) is 11.2 Å². The average molecular weight is 388 g/mol. The molecule has 0 fully saturated rings. The topological polar surface area (TPSA) is 58.6 Å². The minimum absolute atomic E-state index is 0.0590. The number of ether oxygens (including phenoxy) is 1. The average Bonchev–Trinajstić information content (AvgIpc) is 2.74. The molecule has 0 atom stereocenters. The molecule has 0 saturated carbocycles. The molecule has 1 N–H and O–H groups in total. The van der Waals surface area contributed by atoms with Gasteiger partial charge in [-0.2, -0.15) is 0 Å². The number of para-hydroxylation sites is 3. The monoisotopic (exact) mass is 388 g/mol. The second kappa shape index (κ2) is 9.55. The lowest BCUT2D eigenvalue weighted by molar-refractivity contribution is -0.116. The summed E-state index contributed by atoms with van der Waals surface area (Å²) in [5.41, 5.74) is 2.23. The number of amides is 2. The van der Waals surface area contributed by atoms with E-state index in [4.69, 9.17) is 4.74 Å². The lowest BCUT2D eigenvalue weighted by Crippen LogP contribution is -2.35. The third-order valence-corrected chi connectivity index (χ3v) is 4.49. The summed E-state index contributed by atoms with van der Waals surface area (Å²) in [5, 5.41) is 2.89. The number of aryl methyl sites for hydroxylation is 1. The molecule has 3 rings (SSSR count). The molecule has 5 heteroatoms. The molecule has 0 aliphatic carbocycles. The third-order valence-electron chi connectivity index (χ3n) is 4.49. The van der Waals surface area contributed by atoms with E-state index in [9.17, 15) is 9.59 Å². The number of rotatable bonds is 7. The smallest absolute Gasteiger partial charge is 0.257 e. The fourth-order valence-corrected chi connectivity index (χ4v) is 2.98. The van der Waals surface area contributed by atoms with Gasteiger partial charge in [0.25, 0.3) is 5.91 Å². The molecule has 2 amide bonds. The fraction of sp³-hybridized carbons (Fsp3) is 0.167. The molecular formula is C24H24N2O3. The van der Waals surface area contributed by atoms with Crippen LogP contribution in [0.3, 0.4) is 0 Å². The second-order valence-electron chi connectivity index (χ2n) is 6.63. The van der Waals surface area contributed by atoms with E-state index < -0.39 is 0 Å². The third kappa shape index (κ3) is 5.23. The molecule has 29 heavy (non-hydrogen) atoms. The number of hydrogen-bond acceptors (Lipinski definition) is 3. The van der Waals surface area contributed by atoms with Crippen LogP contribution in [0.4, 0.5) is 5.69 Å². The maximum atomic E-state index is 12.9. The van der Waals surface area contributed by atoms with Gasteiger partial charge in [-0.3, -0.25) is 9.59 Å². The minimum Gasteiger partial charge on any atom is -0.457 e. The Kier molecular flexibility index (Phi) is 6.63. The number of anilines is 1. The van der Waals surface area contributed by atoms with Crippen LogP contribution >= 0.6 is 0 Å². The normalized spacial score (nSPS) is 10.3. The first-order chi connectivity index (χ1) is 14.1. The molecule has 0 aromatic heterocycles. The van der Waals surface area contributed by atoms with Gasteiger partial charge in [-0.25, -0.2) is 0 Å². The number of nitrogens with zero attached hydrogens (tertiary/aromatic N) is 1. The number of nitrogens with one attached hydrogen (secondary N) is 1. The summed E-state index contributed by atoms with van der Waals surface area (Å²) in [4.78, 5) is 26.8. The number of hydrogen-bond donors (Lipinski definition) is 1. The van der Waals surface area contributed by atoms with E-state index in [1.54, 1.807) is 25.2 Å². The van der Waals surface area contributed by atoms with Crippen molar-refractivity contribution in [1.82, 2.24) is 4.90 Å². The summed E-state index contributed by atoms with van der Waals surface area (Å²) in [7, 11) is 1.60. The highest BCUT2D eigenvalue weighted by atomic mass is 16.5. The zero-order chi connectivity index (χ0) is 20.6. The van der Waals surface area contributed by atoms with Gasteiger partial charge in [-0.15, -0.1) is 0 Å². The van der Waals surface area contributed by atoms with Gasteiger partial charge in [0.2, 0.25) is 5.91 Å². The van der Waals surface area contributed by atoms with Crippen LogP contribution in [0.25, 0.3) is 0 Å². The van der Waals surface area contributed by atoms with Gasteiger partial charge in [0.05, 0.1) is 12.1 Å². The first kappa shape index (κ1) is 20.1. The number of benzene rings is 3. The van der Waals surface area contributed by atoms with Crippen molar-refractivity contribution in [3.8, 4) is 11.5 Å². The van der Waals surface area contributed by atoms with E-state index in [0.29, 0.717) is 17.1 Å². The highest BCUT2D eigenvalue weighted by Gasteiger charge is 2.19. The number of likely N-dealkylation sites (N-methyl/N-ethyl adjacent to an activating group) is 1. The van der Waals surface area contributed by atoms with Crippen molar-refractivity contribution in [3.05, 3.63) is 90.0 Å². The largest absolute Gasteiger partial charge is 0.457 e. The van der Waals surface area contributed by atoms with Crippen molar-refractivity contribution in [2.45, 2.75) is 13.3 Å². The second-order valence-corrected chi connectivity index (χ2v) is 6.63. The van der Waals surface area contributed by atoms with Crippen LogP contribution in [0, 0.1) is 0 Å². The van der Waals surface area contributed by atoms with Gasteiger partial charge < -0.3 is 15.0 Å². The van der Waals surface area contributed by atoms with Crippen molar-refractivity contribution >= 4 is 17.5 Å². The van der Waals surface area contributed by atoms with E-state index in [-0.39, 0.29) is 18.4 Å². The molecular weight excluding hydrogens is 364 g/mol. The molecule has 3 aromatic rings. The van der Waals surface area contributed by atoms with Gasteiger partial charge in [0.15, 0.2) is 0 Å². The zero-order valence-electron chi connectivity index (χ0n) is 16.6. The summed E-state index contributed by atoms with van der Waals surface area (Å²) in [6.45, 7) is 1.97. The first-order valence-corrected chi connectivity index (χ1v) is 9.53. The summed E-state index contributed by atoms with van der Waals surface area (Å²) >= 11 is 0. The molecule has 0 bridgehead atoms. The Bertz CT molecular complexity index is 986. The van der Waals surface area contributed by atoms with E-state index in [2.05, 4.69) is 5.32 Å². The predicted molar refractivity (Wildman–Crippen MR) is 114 cm³/mol. The lowest BCUT2D eigenvalue weighted by Gasteiger charge is -2.19. The molecule has 148 valence electrons. The minimum atomic E-state index is -0.282. The van der Waals surface area contributed by atoms with E-state index >= 15 is 0 Å². The first-order valence-electron chi connectivity index (χ1n) is 9.53. The van der Waals surface area contributed by atoms with Gasteiger partial charge in [-0.05, 0) is 42.3 Å². The van der Waals surface area contributed by atoms with Crippen LogP contribution in [0.2, 0.25) is 0 Å². The maximum absolute atomic E-state index is 12.9. The Morgan fingerprint density at radius 2 is 1.55 bits per heavy atom. The van der Waals surface area contributed by atoms with Gasteiger partial charge in [0.1, 0.15) is 11.5 Å². The van der Waals surface area contributed by atoms with E-state index in [0.717, 1.165) is 17.7 Å². The van der Waals surface area contributed by atoms with Crippen LogP contribution in [-0.4, -0.2) is 30.3 Å². The number of carbonyl (C=O) groups excluding carboxylic acids is 2. The predicted octanol–water partition coefficient (Wildman–Crippen LogP) is 4.75. The molecule has 0 aliphatic rings. The van der Waals surface area contributed by atoms with Crippen molar-refractivity contribution in [2.24, 2.45) is 0 Å². The van der Waals surface area contributed by atoms with Crippen molar-refractivity contribution < 1.29 is 14.3 Å². The Morgan fingerprint density at radius 3 is 2.31 bits per heavy atom. The summed E-state index contributed by atoms with van der Waals surface area (Å²) in [6.07, 6.45) is 0.815. The van der Waals surface area contributed by atoms with Gasteiger partial charge in [-0.1, -0.05) is 55.5 Å². The van der Waals surface area contributed by atoms with Gasteiger partial charge in [0, 0.05) is 12.7 Å². The lowest BCUT2D eigenvalue weighted by atomic mass is 10.1. The van der Waals surface area contributed by atoms with Crippen LogP contribution in [0.5, 0.6) is 11.5 Å². The van der Waals surface area contributed by atoms with E-state index in [1.165, 1.54) is 4.90 Å². The molecule has 0 saturated heterocycles. The molecule has 5 nitrogen and oxygen atoms in total. The van der Waals surface area contributed by atoms with Crippen LogP contribution in [0.15, 0.2) is 78.9 Å². The Labute approximate surface area is 170 Å². The number of carbonyl (C=O) groups is 2. The van der Waals surface area contributed by atoms with Crippen LogP contribution < -0.4 is 10.1 Å². The molecule has 0 radical (unpaired) electrons. The Hall–Kier alpha value is -3.60. The van der Waals surface area contributed by atoms with Crippen LogP contribution in [0.1, 0.15) is 22.8 Å². The molecule has 0 spiro atoms. The van der Waals surface area contributed by atoms with Crippen molar-refractivity contribution in [3.63, 3.8) is 0 Å². The molecule has 3 aromatic carbocycles. The summed E-state index contributed by atoms with van der Waals surface area (Å²) in [5.74, 6) is 0.565. The summed E-state index contributed by atoms with van der Waals surface area (Å²) < 4.78 is 5.86. The molecule has 0 aliphatic heterocycles. The standard InChI is InChI=1S/C24H24N2O3/c1-3-18-11-7-9-15-21(18)25-23(27)17-26(2)24(28)20-14-8-10-16-22(20)29-19-12-5-4-6-13-19/h4-16H,3,17H2,1-2H3,(H,25,27). The maximum Gasteiger partial charge on any atom is 0.257 e. The van der Waals surface area contributed by atoms with Gasteiger partial charge >= 0.3 is 0 Å². The van der Waals surface area contributed by atoms with Crippen molar-refractivity contribution in [2.75, 3.05) is 18.9 Å². The molecule has 0 unspecified atom stereocenters. The zero-order valence-corrected chi connectivity index (χ0v) is 16.6. The quantitative estimate of drug-likeness (QED) is 0.635. The molecule has 0 heterocycles. The summed E-state index contributed by atoms with van der Waals surface area (Å²) in [6, 6.07) is 23.9. The van der Waals surface area contributed by atoms with E-state index in [1.807, 2.05) is 67.6 Å². The Balaban J connectivity index is 1.69. The highest BCUT2D eigenvalue weighted by Crippen LogP contribution is 2.26. The Morgan fingerprint density at radius 1 is 0.897 bits per heavy atom. The highest BCUT2D eigenvalue weighted by molar-refractivity contribution is 6.01. The van der Waals surface area contributed by atoms with Crippen molar-refractivity contribution in [1.29, 1.82) is 0 Å². The SMILES string of the molecule is CCc1ccccc1NC(=O)CN(C)C(=O)c1ccccc1Oc1ccccc1. The fourth-order valence-electron chi connectivity index (χ4n) is 2.98.